The number of nitrogens with one attached hydrogen (secondary N) is 1. The highest BCUT2D eigenvalue weighted by molar-refractivity contribution is 5.91. The van der Waals surface area contributed by atoms with Gasteiger partial charge in [-0.3, -0.25) is 4.79 Å². The number of ether oxygens (including phenoxy) is 3. The van der Waals surface area contributed by atoms with E-state index in [1.165, 1.54) is 32.7 Å². The van der Waals surface area contributed by atoms with E-state index in [-0.39, 0.29) is 24.0 Å². The molecule has 0 radical (unpaired) electrons. The Hall–Kier alpha value is -4.47. The van der Waals surface area contributed by atoms with Crippen LogP contribution in [0, 0.1) is 5.82 Å². The highest BCUT2D eigenvalue weighted by Gasteiger charge is 2.15. The summed E-state index contributed by atoms with van der Waals surface area (Å²) >= 11 is 0. The first-order chi connectivity index (χ1) is 16.9. The molecule has 0 unspecified atom stereocenters. The smallest absolute Gasteiger partial charge is 0.230 e. The number of carbonyl (C=O) groups is 1. The van der Waals surface area contributed by atoms with Crippen molar-refractivity contribution in [3.05, 3.63) is 66.4 Å². The molecule has 10 heteroatoms. The SMILES string of the molecule is COc1cc2ncnc(Oc3ccc(CC(=O)Nc4cc(N(C)C)ccn4)cc3F)c2cc1OC. The Morgan fingerprint density at radius 3 is 2.46 bits per heavy atom. The van der Waals surface area contributed by atoms with Crippen molar-refractivity contribution >= 4 is 28.3 Å². The summed E-state index contributed by atoms with van der Waals surface area (Å²) in [4.78, 5) is 26.9. The topological polar surface area (TPSA) is 98.7 Å². The zero-order valence-electron chi connectivity index (χ0n) is 19.7. The first-order valence-corrected chi connectivity index (χ1v) is 10.6. The number of amides is 1. The molecule has 180 valence electrons. The van der Waals surface area contributed by atoms with Gasteiger partial charge in [-0.15, -0.1) is 0 Å². The predicted molar refractivity (Wildman–Crippen MR) is 130 cm³/mol. The van der Waals surface area contributed by atoms with Crippen molar-refractivity contribution in [2.75, 3.05) is 38.5 Å². The van der Waals surface area contributed by atoms with E-state index in [1.54, 1.807) is 30.5 Å². The van der Waals surface area contributed by atoms with E-state index in [2.05, 4.69) is 20.3 Å². The van der Waals surface area contributed by atoms with Gasteiger partial charge in [0.15, 0.2) is 23.1 Å². The lowest BCUT2D eigenvalue weighted by atomic mass is 10.1. The molecule has 4 rings (SSSR count). The van der Waals surface area contributed by atoms with E-state index in [0.717, 1.165) is 5.69 Å². The van der Waals surface area contributed by atoms with Gasteiger partial charge in [-0.25, -0.2) is 19.3 Å². The Morgan fingerprint density at radius 1 is 0.971 bits per heavy atom. The van der Waals surface area contributed by atoms with Crippen LogP contribution in [0.5, 0.6) is 23.1 Å². The minimum atomic E-state index is -0.629. The molecule has 1 amide bonds. The van der Waals surface area contributed by atoms with Crippen molar-refractivity contribution in [3.8, 4) is 23.1 Å². The highest BCUT2D eigenvalue weighted by atomic mass is 19.1. The molecule has 0 aliphatic heterocycles. The lowest BCUT2D eigenvalue weighted by Crippen LogP contribution is -2.16. The molecule has 1 N–H and O–H groups in total. The predicted octanol–water partition coefficient (Wildman–Crippen LogP) is 4.22. The number of nitrogens with zero attached hydrogens (tertiary/aromatic N) is 4. The first kappa shape index (κ1) is 23.7. The largest absolute Gasteiger partial charge is 0.493 e. The van der Waals surface area contributed by atoms with Crippen LogP contribution in [0.4, 0.5) is 15.9 Å². The molecule has 9 nitrogen and oxygen atoms in total. The minimum absolute atomic E-state index is 0.0293. The van der Waals surface area contributed by atoms with Crippen LogP contribution >= 0.6 is 0 Å². The van der Waals surface area contributed by atoms with Crippen molar-refractivity contribution in [1.82, 2.24) is 15.0 Å². The summed E-state index contributed by atoms with van der Waals surface area (Å²) in [5, 5.41) is 3.26. The molecule has 0 atom stereocenters. The van der Waals surface area contributed by atoms with Crippen LogP contribution in [0.1, 0.15) is 5.56 Å². The Bertz CT molecular complexity index is 1380. The van der Waals surface area contributed by atoms with Gasteiger partial charge in [-0.1, -0.05) is 6.07 Å². The molecule has 2 heterocycles. The van der Waals surface area contributed by atoms with E-state index in [0.29, 0.717) is 33.8 Å². The molecule has 0 fully saturated rings. The fourth-order valence-corrected chi connectivity index (χ4v) is 3.42. The van der Waals surface area contributed by atoms with Gasteiger partial charge in [-0.2, -0.15) is 0 Å². The molecule has 0 aliphatic carbocycles. The summed E-state index contributed by atoms with van der Waals surface area (Å²) in [6.45, 7) is 0. The second-order valence-electron chi connectivity index (χ2n) is 7.79. The summed E-state index contributed by atoms with van der Waals surface area (Å²) in [6, 6.07) is 11.3. The van der Waals surface area contributed by atoms with Gasteiger partial charge in [0.2, 0.25) is 11.8 Å². The summed E-state index contributed by atoms with van der Waals surface area (Å²) < 4.78 is 31.2. The van der Waals surface area contributed by atoms with E-state index < -0.39 is 5.82 Å². The minimum Gasteiger partial charge on any atom is -0.493 e. The van der Waals surface area contributed by atoms with Crippen LogP contribution in [-0.2, 0) is 11.2 Å². The average molecular weight is 477 g/mol. The molecule has 2 aromatic heterocycles. The fraction of sp³-hybridized carbons (Fsp3) is 0.200. The van der Waals surface area contributed by atoms with E-state index in [4.69, 9.17) is 14.2 Å². The van der Waals surface area contributed by atoms with Gasteiger partial charge in [0.05, 0.1) is 31.5 Å². The third kappa shape index (κ3) is 5.37. The van der Waals surface area contributed by atoms with Crippen LogP contribution in [-0.4, -0.2) is 49.2 Å². The number of carbonyl (C=O) groups excluding carboxylic acids is 1. The number of fused-ring (bicyclic) bond motifs is 1. The van der Waals surface area contributed by atoms with Gasteiger partial charge in [0, 0.05) is 38.1 Å². The number of anilines is 2. The lowest BCUT2D eigenvalue weighted by Gasteiger charge is -2.13. The number of rotatable bonds is 8. The van der Waals surface area contributed by atoms with Crippen molar-refractivity contribution in [2.45, 2.75) is 6.42 Å². The van der Waals surface area contributed by atoms with Crippen LogP contribution < -0.4 is 24.4 Å². The summed E-state index contributed by atoms with van der Waals surface area (Å²) in [5.41, 5.74) is 1.93. The van der Waals surface area contributed by atoms with Gasteiger partial charge >= 0.3 is 0 Å². The fourth-order valence-electron chi connectivity index (χ4n) is 3.42. The Balaban J connectivity index is 1.50. The van der Waals surface area contributed by atoms with Crippen molar-refractivity contribution in [3.63, 3.8) is 0 Å². The standard InChI is InChI=1S/C25H24FN5O4/c1-31(2)16-7-8-27-23(11-16)30-24(32)10-15-5-6-20(18(26)9-15)35-25-17-12-21(33-3)22(34-4)13-19(17)28-14-29-25/h5-9,11-14H,10H2,1-4H3,(H,27,30,32). The number of hydrogen-bond acceptors (Lipinski definition) is 8. The quantitative estimate of drug-likeness (QED) is 0.403. The molecule has 0 bridgehead atoms. The van der Waals surface area contributed by atoms with Crippen LogP contribution in [0.3, 0.4) is 0 Å². The van der Waals surface area contributed by atoms with E-state index in [1.807, 2.05) is 25.1 Å². The number of pyridine rings is 1. The van der Waals surface area contributed by atoms with Gasteiger partial charge < -0.3 is 24.4 Å². The van der Waals surface area contributed by atoms with Gasteiger partial charge in [-0.05, 0) is 29.8 Å². The maximum absolute atomic E-state index is 14.9. The first-order valence-electron chi connectivity index (χ1n) is 10.6. The average Bonchev–Trinajstić information content (AvgIpc) is 2.85. The number of aromatic nitrogens is 3. The van der Waals surface area contributed by atoms with Crippen LogP contribution in [0.2, 0.25) is 0 Å². The number of halogens is 1. The monoisotopic (exact) mass is 477 g/mol. The molecule has 4 aromatic rings. The second kappa shape index (κ2) is 10.2. The van der Waals surface area contributed by atoms with Crippen molar-refractivity contribution < 1.29 is 23.4 Å². The normalized spacial score (nSPS) is 10.7. The Kier molecular flexibility index (Phi) is 6.91. The van der Waals surface area contributed by atoms with Crippen LogP contribution in [0.25, 0.3) is 10.9 Å². The zero-order chi connectivity index (χ0) is 24.9. The van der Waals surface area contributed by atoms with E-state index >= 15 is 0 Å². The summed E-state index contributed by atoms with van der Waals surface area (Å²) in [7, 11) is 6.82. The lowest BCUT2D eigenvalue weighted by molar-refractivity contribution is -0.115. The third-order valence-electron chi connectivity index (χ3n) is 5.20. The highest BCUT2D eigenvalue weighted by Crippen LogP contribution is 2.36. The summed E-state index contributed by atoms with van der Waals surface area (Å²) in [5.74, 6) is 0.564. The van der Waals surface area contributed by atoms with Gasteiger partial charge in [0.1, 0.15) is 12.1 Å². The molecule has 0 aliphatic rings. The number of hydrogen-bond donors (Lipinski definition) is 1. The Labute approximate surface area is 201 Å². The molecule has 2 aromatic carbocycles. The second-order valence-corrected chi connectivity index (χ2v) is 7.79. The van der Waals surface area contributed by atoms with Crippen molar-refractivity contribution in [2.24, 2.45) is 0 Å². The Morgan fingerprint density at radius 2 is 1.74 bits per heavy atom. The molecular formula is C25H24FN5O4. The number of methoxy groups -OCH3 is 2. The zero-order valence-corrected chi connectivity index (χ0v) is 19.7. The van der Waals surface area contributed by atoms with Crippen molar-refractivity contribution in [1.29, 1.82) is 0 Å². The number of benzene rings is 2. The molecular weight excluding hydrogens is 453 g/mol. The maximum atomic E-state index is 14.9. The third-order valence-corrected chi connectivity index (χ3v) is 5.20. The van der Waals surface area contributed by atoms with Crippen LogP contribution in [0.15, 0.2) is 55.0 Å². The maximum Gasteiger partial charge on any atom is 0.230 e. The molecule has 35 heavy (non-hydrogen) atoms. The molecule has 0 spiro atoms. The van der Waals surface area contributed by atoms with E-state index in [9.17, 15) is 9.18 Å². The molecule has 0 saturated carbocycles. The molecule has 0 saturated heterocycles. The van der Waals surface area contributed by atoms with Gasteiger partial charge in [0.25, 0.3) is 0 Å². The summed E-state index contributed by atoms with van der Waals surface area (Å²) in [6.07, 6.45) is 2.90.